The Bertz CT molecular complexity index is 460. The number of anilines is 1. The van der Waals surface area contributed by atoms with Gasteiger partial charge in [0.2, 0.25) is 6.10 Å². The van der Waals surface area contributed by atoms with E-state index in [2.05, 4.69) is 15.0 Å². The van der Waals surface area contributed by atoms with Crippen molar-refractivity contribution in [2.24, 2.45) is 5.73 Å². The molecule has 1 heterocycles. The van der Waals surface area contributed by atoms with Crippen LogP contribution in [0.3, 0.4) is 0 Å². The molecule has 18 heavy (non-hydrogen) atoms. The van der Waals surface area contributed by atoms with E-state index in [1.54, 1.807) is 0 Å². The topological polar surface area (TPSA) is 94.3 Å². The second-order valence-electron chi connectivity index (χ2n) is 3.01. The SMILES string of the molecule is CNc1nc(C(OC(=O)C(F)(F)F)C(N)=O)cs1. The highest BCUT2D eigenvalue weighted by Gasteiger charge is 2.43. The number of rotatable bonds is 4. The maximum Gasteiger partial charge on any atom is 0.490 e. The summed E-state index contributed by atoms with van der Waals surface area (Å²) in [6.07, 6.45) is -7.06. The fourth-order valence-corrected chi connectivity index (χ4v) is 1.64. The Hall–Kier alpha value is -1.84. The van der Waals surface area contributed by atoms with Crippen LogP contribution >= 0.6 is 11.3 Å². The summed E-state index contributed by atoms with van der Waals surface area (Å²) in [7, 11) is 1.53. The second kappa shape index (κ2) is 5.21. The quantitative estimate of drug-likeness (QED) is 0.798. The van der Waals surface area contributed by atoms with E-state index in [0.717, 1.165) is 11.3 Å². The molecule has 6 nitrogen and oxygen atoms in total. The predicted molar refractivity (Wildman–Crippen MR) is 55.7 cm³/mol. The number of hydrogen-bond acceptors (Lipinski definition) is 6. The lowest BCUT2D eigenvalue weighted by atomic mass is 10.2. The second-order valence-corrected chi connectivity index (χ2v) is 3.87. The minimum Gasteiger partial charge on any atom is -0.439 e. The van der Waals surface area contributed by atoms with Gasteiger partial charge in [0.25, 0.3) is 5.91 Å². The van der Waals surface area contributed by atoms with Crippen LogP contribution in [0.4, 0.5) is 18.3 Å². The number of esters is 1. The number of thiazole rings is 1. The van der Waals surface area contributed by atoms with Crippen molar-refractivity contribution in [3.63, 3.8) is 0 Å². The molecule has 1 amide bonds. The Labute approximate surface area is 103 Å². The minimum atomic E-state index is -5.20. The van der Waals surface area contributed by atoms with Crippen LogP contribution in [0.5, 0.6) is 0 Å². The molecule has 0 saturated heterocycles. The third-order valence-corrected chi connectivity index (χ3v) is 2.60. The molecular weight excluding hydrogens is 275 g/mol. The smallest absolute Gasteiger partial charge is 0.439 e. The number of ether oxygens (including phenoxy) is 1. The van der Waals surface area contributed by atoms with E-state index in [0.29, 0.717) is 5.13 Å². The highest BCUT2D eigenvalue weighted by atomic mass is 32.1. The first kappa shape index (κ1) is 14.2. The van der Waals surface area contributed by atoms with Crippen molar-refractivity contribution in [3.05, 3.63) is 11.1 Å². The standard InChI is InChI=1S/C8H8F3N3O3S/c1-13-7-14-3(2-18-7)4(5(12)15)17-6(16)8(9,10)11/h2,4H,1H3,(H2,12,15)(H,13,14). The van der Waals surface area contributed by atoms with Gasteiger partial charge in [0.1, 0.15) is 5.69 Å². The van der Waals surface area contributed by atoms with Gasteiger partial charge in [-0.25, -0.2) is 9.78 Å². The van der Waals surface area contributed by atoms with Crippen molar-refractivity contribution in [2.45, 2.75) is 12.3 Å². The van der Waals surface area contributed by atoms with Crippen LogP contribution in [0.2, 0.25) is 0 Å². The number of nitrogens with two attached hydrogens (primary N) is 1. The summed E-state index contributed by atoms with van der Waals surface area (Å²) in [5.41, 5.74) is 4.71. The van der Waals surface area contributed by atoms with Crippen molar-refractivity contribution in [1.82, 2.24) is 4.98 Å². The summed E-state index contributed by atoms with van der Waals surface area (Å²) in [6, 6.07) is 0. The van der Waals surface area contributed by atoms with Gasteiger partial charge in [-0.3, -0.25) is 4.79 Å². The molecule has 0 spiro atoms. The summed E-state index contributed by atoms with van der Waals surface area (Å²) in [6.45, 7) is 0. The molecule has 0 saturated carbocycles. The number of amides is 1. The molecule has 1 rings (SSSR count). The summed E-state index contributed by atoms with van der Waals surface area (Å²) >= 11 is 1.03. The highest BCUT2D eigenvalue weighted by molar-refractivity contribution is 7.13. The van der Waals surface area contributed by atoms with Crippen molar-refractivity contribution in [3.8, 4) is 0 Å². The predicted octanol–water partition coefficient (Wildman–Crippen LogP) is 0.817. The van der Waals surface area contributed by atoms with Crippen LogP contribution in [0.15, 0.2) is 5.38 Å². The largest absolute Gasteiger partial charge is 0.490 e. The van der Waals surface area contributed by atoms with Gasteiger partial charge in [0, 0.05) is 12.4 Å². The van der Waals surface area contributed by atoms with Crippen molar-refractivity contribution < 1.29 is 27.5 Å². The molecule has 1 unspecified atom stereocenters. The van der Waals surface area contributed by atoms with E-state index in [4.69, 9.17) is 5.73 Å². The van der Waals surface area contributed by atoms with Crippen LogP contribution in [-0.4, -0.2) is 30.1 Å². The maximum absolute atomic E-state index is 12.0. The Morgan fingerprint density at radius 2 is 2.17 bits per heavy atom. The molecule has 0 aliphatic rings. The van der Waals surface area contributed by atoms with Gasteiger partial charge < -0.3 is 15.8 Å². The molecular formula is C8H8F3N3O3S. The highest BCUT2D eigenvalue weighted by Crippen LogP contribution is 2.26. The number of nitrogens with one attached hydrogen (secondary N) is 1. The van der Waals surface area contributed by atoms with E-state index >= 15 is 0 Å². The monoisotopic (exact) mass is 283 g/mol. The van der Waals surface area contributed by atoms with Crippen LogP contribution < -0.4 is 11.1 Å². The Morgan fingerprint density at radius 3 is 2.56 bits per heavy atom. The van der Waals surface area contributed by atoms with E-state index in [1.807, 2.05) is 0 Å². The molecule has 0 radical (unpaired) electrons. The number of aromatic nitrogens is 1. The first-order chi connectivity index (χ1) is 8.25. The van der Waals surface area contributed by atoms with Gasteiger partial charge in [-0.05, 0) is 0 Å². The molecule has 0 fully saturated rings. The lowest BCUT2D eigenvalue weighted by molar-refractivity contribution is -0.205. The van der Waals surface area contributed by atoms with Crippen LogP contribution in [-0.2, 0) is 14.3 Å². The molecule has 0 aliphatic heterocycles. The molecule has 1 atom stereocenters. The minimum absolute atomic E-state index is 0.158. The third kappa shape index (κ3) is 3.32. The van der Waals surface area contributed by atoms with Gasteiger partial charge in [0.15, 0.2) is 5.13 Å². The number of nitrogens with zero attached hydrogens (tertiary/aromatic N) is 1. The first-order valence-electron chi connectivity index (χ1n) is 4.46. The summed E-state index contributed by atoms with van der Waals surface area (Å²) in [4.78, 5) is 25.4. The van der Waals surface area contributed by atoms with Crippen LogP contribution in [0, 0.1) is 0 Å². The fraction of sp³-hybridized carbons (Fsp3) is 0.375. The van der Waals surface area contributed by atoms with E-state index in [9.17, 15) is 22.8 Å². The van der Waals surface area contributed by atoms with Gasteiger partial charge in [-0.2, -0.15) is 13.2 Å². The Morgan fingerprint density at radius 1 is 1.56 bits per heavy atom. The van der Waals surface area contributed by atoms with E-state index in [1.165, 1.54) is 12.4 Å². The van der Waals surface area contributed by atoms with Crippen molar-refractivity contribution in [1.29, 1.82) is 0 Å². The number of carbonyl (C=O) groups excluding carboxylic acids is 2. The molecule has 10 heteroatoms. The lowest BCUT2D eigenvalue weighted by Gasteiger charge is -2.13. The summed E-state index contributed by atoms with van der Waals surface area (Å²) in [5.74, 6) is -3.73. The molecule has 0 bridgehead atoms. The van der Waals surface area contributed by atoms with Gasteiger partial charge >= 0.3 is 12.1 Å². The average Bonchev–Trinajstić information content (AvgIpc) is 2.71. The first-order valence-corrected chi connectivity index (χ1v) is 5.34. The van der Waals surface area contributed by atoms with Gasteiger partial charge in [0.05, 0.1) is 0 Å². The molecule has 0 aromatic carbocycles. The fourth-order valence-electron chi connectivity index (χ4n) is 0.959. The van der Waals surface area contributed by atoms with Crippen LogP contribution in [0.25, 0.3) is 0 Å². The maximum atomic E-state index is 12.0. The average molecular weight is 283 g/mol. The number of primary amides is 1. The molecule has 1 aromatic rings. The van der Waals surface area contributed by atoms with Crippen molar-refractivity contribution in [2.75, 3.05) is 12.4 Å². The number of hydrogen-bond donors (Lipinski definition) is 2. The van der Waals surface area contributed by atoms with E-state index < -0.39 is 24.2 Å². The molecule has 100 valence electrons. The third-order valence-electron chi connectivity index (χ3n) is 1.72. The van der Waals surface area contributed by atoms with Crippen molar-refractivity contribution >= 4 is 28.3 Å². The Kier molecular flexibility index (Phi) is 4.11. The molecule has 1 aromatic heterocycles. The van der Waals surface area contributed by atoms with Gasteiger partial charge in [-0.15, -0.1) is 11.3 Å². The lowest BCUT2D eigenvalue weighted by Crippen LogP contribution is -2.32. The van der Waals surface area contributed by atoms with E-state index in [-0.39, 0.29) is 5.69 Å². The summed E-state index contributed by atoms with van der Waals surface area (Å²) < 4.78 is 40.0. The Balaban J connectivity index is 2.91. The molecule has 3 N–H and O–H groups in total. The summed E-state index contributed by atoms with van der Waals surface area (Å²) in [5, 5.41) is 4.23. The number of alkyl halides is 3. The van der Waals surface area contributed by atoms with Gasteiger partial charge in [-0.1, -0.05) is 0 Å². The normalized spacial score (nSPS) is 12.9. The zero-order chi connectivity index (χ0) is 13.9. The molecule has 0 aliphatic carbocycles. The number of halogens is 3. The zero-order valence-corrected chi connectivity index (χ0v) is 9.76. The van der Waals surface area contributed by atoms with Crippen LogP contribution in [0.1, 0.15) is 11.8 Å². The zero-order valence-electron chi connectivity index (χ0n) is 8.95. The number of carbonyl (C=O) groups is 2.